The summed E-state index contributed by atoms with van der Waals surface area (Å²) in [5.41, 5.74) is 4.44. The Hall–Kier alpha value is -3.20. The van der Waals surface area contributed by atoms with Crippen molar-refractivity contribution in [3.63, 3.8) is 0 Å². The third-order valence-electron chi connectivity index (χ3n) is 4.80. The van der Waals surface area contributed by atoms with Gasteiger partial charge in [0.1, 0.15) is 5.75 Å². The van der Waals surface area contributed by atoms with Gasteiger partial charge in [0.05, 0.1) is 24.7 Å². The van der Waals surface area contributed by atoms with Gasteiger partial charge in [-0.2, -0.15) is 5.10 Å². The van der Waals surface area contributed by atoms with E-state index in [2.05, 4.69) is 20.6 Å². The van der Waals surface area contributed by atoms with Gasteiger partial charge in [-0.3, -0.25) is 14.8 Å². The van der Waals surface area contributed by atoms with E-state index in [0.717, 1.165) is 40.5 Å². The van der Waals surface area contributed by atoms with Crippen LogP contribution in [0.15, 0.2) is 41.0 Å². The minimum atomic E-state index is -0.677. The molecule has 1 aliphatic heterocycles. The molecule has 150 valence electrons. The molecule has 0 aliphatic carbocycles. The van der Waals surface area contributed by atoms with Gasteiger partial charge in [0, 0.05) is 29.6 Å². The van der Waals surface area contributed by atoms with Crippen molar-refractivity contribution in [1.29, 1.82) is 0 Å². The summed E-state index contributed by atoms with van der Waals surface area (Å²) in [5, 5.41) is 13.7. The van der Waals surface area contributed by atoms with E-state index in [1.807, 2.05) is 48.2 Å². The summed E-state index contributed by atoms with van der Waals surface area (Å²) in [5.74, 6) is 0.501. The molecule has 0 fully saturated rings. The van der Waals surface area contributed by atoms with Crippen LogP contribution in [0.3, 0.4) is 0 Å². The van der Waals surface area contributed by atoms with Crippen LogP contribution in [-0.2, 0) is 16.2 Å². The first kappa shape index (κ1) is 19.1. The first-order valence-electron chi connectivity index (χ1n) is 9.25. The smallest absolute Gasteiger partial charge is 0.270 e. The van der Waals surface area contributed by atoms with Gasteiger partial charge in [0.15, 0.2) is 5.13 Å². The number of rotatable bonds is 6. The average Bonchev–Trinajstić information content (AvgIpc) is 3.47. The Morgan fingerprint density at radius 1 is 1.38 bits per heavy atom. The van der Waals surface area contributed by atoms with Crippen LogP contribution in [-0.4, -0.2) is 39.6 Å². The predicted molar refractivity (Wildman–Crippen MR) is 111 cm³/mol. The molecule has 1 aliphatic rings. The van der Waals surface area contributed by atoms with E-state index in [-0.39, 0.29) is 5.91 Å². The molecule has 8 nitrogen and oxygen atoms in total. The highest BCUT2D eigenvalue weighted by Gasteiger charge is 2.29. The van der Waals surface area contributed by atoms with Gasteiger partial charge in [-0.05, 0) is 43.7 Å². The van der Waals surface area contributed by atoms with Crippen molar-refractivity contribution in [3.05, 3.63) is 47.1 Å². The number of anilines is 1. The van der Waals surface area contributed by atoms with Crippen molar-refractivity contribution in [3.8, 4) is 17.0 Å². The number of amides is 1. The van der Waals surface area contributed by atoms with E-state index in [1.54, 1.807) is 13.3 Å². The first-order chi connectivity index (χ1) is 14.1. The molecule has 3 aromatic rings. The standard InChI is InChI=1S/C20H21N5O3S/c1-4-25-12(2)15(10-21-25)17-11-29-20(22-17)23-19(26)18-9-16(24-28-18)13-5-7-14(27-3)8-6-13/h5-8,10-11,18H,4,9H2,1-3H3,(H,22,23,26). The lowest BCUT2D eigenvalue weighted by atomic mass is 10.0. The van der Waals surface area contributed by atoms with Gasteiger partial charge in [-0.15, -0.1) is 11.3 Å². The van der Waals surface area contributed by atoms with E-state index in [1.165, 1.54) is 11.3 Å². The van der Waals surface area contributed by atoms with Crippen LogP contribution in [0, 0.1) is 6.92 Å². The van der Waals surface area contributed by atoms with Crippen LogP contribution in [0.1, 0.15) is 24.6 Å². The molecule has 2 aromatic heterocycles. The molecule has 1 unspecified atom stereocenters. The highest BCUT2D eigenvalue weighted by atomic mass is 32.1. The topological polar surface area (TPSA) is 90.6 Å². The maximum absolute atomic E-state index is 12.6. The van der Waals surface area contributed by atoms with Crippen molar-refractivity contribution in [1.82, 2.24) is 14.8 Å². The second kappa shape index (κ2) is 8.04. The minimum absolute atomic E-state index is 0.265. The maximum Gasteiger partial charge on any atom is 0.270 e. The lowest BCUT2D eigenvalue weighted by Gasteiger charge is -2.07. The minimum Gasteiger partial charge on any atom is -0.497 e. The Bertz CT molecular complexity index is 1050. The number of nitrogens with one attached hydrogen (secondary N) is 1. The zero-order chi connectivity index (χ0) is 20.4. The largest absolute Gasteiger partial charge is 0.497 e. The van der Waals surface area contributed by atoms with E-state index in [4.69, 9.17) is 9.57 Å². The summed E-state index contributed by atoms with van der Waals surface area (Å²) >= 11 is 1.37. The fraction of sp³-hybridized carbons (Fsp3) is 0.300. The molecule has 4 rings (SSSR count). The molecule has 9 heteroatoms. The summed E-state index contributed by atoms with van der Waals surface area (Å²) < 4.78 is 7.07. The summed E-state index contributed by atoms with van der Waals surface area (Å²) in [7, 11) is 1.62. The number of benzene rings is 1. The van der Waals surface area contributed by atoms with Crippen LogP contribution in [0.5, 0.6) is 5.75 Å². The Labute approximate surface area is 172 Å². The lowest BCUT2D eigenvalue weighted by molar-refractivity contribution is -0.125. The number of methoxy groups -OCH3 is 1. The highest BCUT2D eigenvalue weighted by molar-refractivity contribution is 7.14. The number of aromatic nitrogens is 3. The third-order valence-corrected chi connectivity index (χ3v) is 5.56. The second-order valence-electron chi connectivity index (χ2n) is 6.55. The Morgan fingerprint density at radius 2 is 2.17 bits per heavy atom. The number of nitrogens with zero attached hydrogens (tertiary/aromatic N) is 4. The number of ether oxygens (including phenoxy) is 1. The molecule has 1 amide bonds. The highest BCUT2D eigenvalue weighted by Crippen LogP contribution is 2.28. The fourth-order valence-electron chi connectivity index (χ4n) is 3.13. The monoisotopic (exact) mass is 411 g/mol. The SMILES string of the molecule is CCn1ncc(-c2csc(NC(=O)C3CC(c4ccc(OC)cc4)=NO3)n2)c1C. The van der Waals surface area contributed by atoms with Crippen LogP contribution >= 0.6 is 11.3 Å². The number of hydrogen-bond donors (Lipinski definition) is 1. The number of aryl methyl sites for hydroxylation is 1. The van der Waals surface area contributed by atoms with Crippen molar-refractivity contribution >= 4 is 28.1 Å². The molecule has 0 bridgehead atoms. The van der Waals surface area contributed by atoms with Crippen LogP contribution in [0.4, 0.5) is 5.13 Å². The summed E-state index contributed by atoms with van der Waals surface area (Å²) in [4.78, 5) is 22.4. The molecule has 0 saturated carbocycles. The van der Waals surface area contributed by atoms with Gasteiger partial charge >= 0.3 is 0 Å². The number of hydrogen-bond acceptors (Lipinski definition) is 7. The fourth-order valence-corrected chi connectivity index (χ4v) is 3.84. The van der Waals surface area contributed by atoms with Gasteiger partial charge in [0.2, 0.25) is 6.10 Å². The molecule has 3 heterocycles. The maximum atomic E-state index is 12.6. The molecule has 29 heavy (non-hydrogen) atoms. The summed E-state index contributed by atoms with van der Waals surface area (Å²) in [6, 6.07) is 7.50. The summed E-state index contributed by atoms with van der Waals surface area (Å²) in [6.45, 7) is 4.85. The summed E-state index contributed by atoms with van der Waals surface area (Å²) in [6.07, 6.45) is 1.52. The van der Waals surface area contributed by atoms with Gasteiger partial charge < -0.3 is 9.57 Å². The van der Waals surface area contributed by atoms with Crippen molar-refractivity contribution in [2.75, 3.05) is 12.4 Å². The van der Waals surface area contributed by atoms with Crippen molar-refractivity contribution < 1.29 is 14.4 Å². The molecular weight excluding hydrogens is 390 g/mol. The Balaban J connectivity index is 1.39. The zero-order valence-electron chi connectivity index (χ0n) is 16.4. The van der Waals surface area contributed by atoms with Crippen LogP contribution in [0.2, 0.25) is 0 Å². The molecule has 0 saturated heterocycles. The first-order valence-corrected chi connectivity index (χ1v) is 10.1. The Kier molecular flexibility index (Phi) is 5.30. The van der Waals surface area contributed by atoms with Crippen LogP contribution < -0.4 is 10.1 Å². The molecule has 0 radical (unpaired) electrons. The lowest BCUT2D eigenvalue weighted by Crippen LogP contribution is -2.28. The average molecular weight is 411 g/mol. The van der Waals surface area contributed by atoms with Crippen molar-refractivity contribution in [2.24, 2.45) is 5.16 Å². The second-order valence-corrected chi connectivity index (χ2v) is 7.41. The van der Waals surface area contributed by atoms with Gasteiger partial charge in [-0.1, -0.05) is 5.16 Å². The van der Waals surface area contributed by atoms with E-state index in [9.17, 15) is 4.79 Å². The number of thiazole rings is 1. The molecular formula is C20H21N5O3S. The van der Waals surface area contributed by atoms with Crippen molar-refractivity contribution in [2.45, 2.75) is 32.9 Å². The van der Waals surface area contributed by atoms with Gasteiger partial charge in [0.25, 0.3) is 5.91 Å². The molecule has 1 atom stereocenters. The van der Waals surface area contributed by atoms with E-state index < -0.39 is 6.10 Å². The van der Waals surface area contributed by atoms with E-state index in [0.29, 0.717) is 11.6 Å². The number of carbonyl (C=O) groups excluding carboxylic acids is 1. The van der Waals surface area contributed by atoms with E-state index >= 15 is 0 Å². The number of carbonyl (C=O) groups is 1. The van der Waals surface area contributed by atoms with Crippen LogP contribution in [0.25, 0.3) is 11.3 Å². The quantitative estimate of drug-likeness (QED) is 0.671. The molecule has 0 spiro atoms. The molecule has 1 N–H and O–H groups in total. The third kappa shape index (κ3) is 3.86. The zero-order valence-corrected chi connectivity index (χ0v) is 17.2. The predicted octanol–water partition coefficient (Wildman–Crippen LogP) is 3.48. The molecule has 1 aromatic carbocycles. The normalized spacial score (nSPS) is 15.7. The Morgan fingerprint density at radius 3 is 2.86 bits per heavy atom. The number of oxime groups is 1. The van der Waals surface area contributed by atoms with Gasteiger partial charge in [-0.25, -0.2) is 4.98 Å².